The van der Waals surface area contributed by atoms with Crippen LogP contribution in [-0.4, -0.2) is 9.13 Å². The summed E-state index contributed by atoms with van der Waals surface area (Å²) in [4.78, 5) is 0. The van der Waals surface area contributed by atoms with E-state index in [1.807, 2.05) is 0 Å². The Bertz CT molecular complexity index is 5440. The molecule has 0 saturated carbocycles. The fraction of sp³-hybridized carbons (Fsp3) is 0. The fourth-order valence-corrected chi connectivity index (χ4v) is 7.94. The molecule has 0 aliphatic carbocycles. The Morgan fingerprint density at radius 1 is 0.351 bits per heavy atom. The number of aromatic nitrogens is 2. The fourth-order valence-electron chi connectivity index (χ4n) is 6.83. The van der Waals surface area contributed by atoms with Crippen LogP contribution in [0.1, 0.15) is 46.6 Å². The second kappa shape index (κ2) is 12.7. The number of fused-ring (bicyclic) bond motifs is 9. The maximum Gasteiger partial charge on any atom is 0.0645 e. The van der Waals surface area contributed by atoms with Crippen molar-refractivity contribution in [1.82, 2.24) is 9.13 Å². The van der Waals surface area contributed by atoms with Gasteiger partial charge in [0.2, 0.25) is 0 Å². The van der Waals surface area contributed by atoms with Crippen LogP contribution in [0.25, 0.3) is 109 Å². The Balaban J connectivity index is 1.25. The smallest absolute Gasteiger partial charge is 0.0645 e. The number of rotatable bonds is 5. The summed E-state index contributed by atoms with van der Waals surface area (Å²) in [6, 6.07) is -31.9. The van der Waals surface area contributed by atoms with Crippen LogP contribution in [0.4, 0.5) is 0 Å². The molecule has 0 bridgehead atoms. The largest absolute Gasteiger partial charge is 0.309 e. The number of para-hydroxylation sites is 2. The highest BCUT2D eigenvalue weighted by Gasteiger charge is 2.19. The highest BCUT2D eigenvalue weighted by molar-refractivity contribution is 7.26. The molecule has 0 spiro atoms. The van der Waals surface area contributed by atoms with E-state index in [4.69, 9.17) is 23.3 Å². The van der Waals surface area contributed by atoms with E-state index < -0.39 is 305 Å². The summed E-state index contributed by atoms with van der Waals surface area (Å²) in [5.74, 6) is 0. The number of nitrogens with zero attached hydrogens (tertiary/aromatic N) is 2. The van der Waals surface area contributed by atoms with Crippen LogP contribution in [0.15, 0.2) is 205 Å². The Morgan fingerprint density at radius 2 is 0.860 bits per heavy atom. The molecule has 57 heavy (non-hydrogen) atoms. The molecule has 266 valence electrons. The van der Waals surface area contributed by atoms with Crippen molar-refractivity contribution < 1.29 is 46.6 Å². The maximum absolute atomic E-state index is 10.1. The van der Waals surface area contributed by atoms with E-state index in [9.17, 15) is 23.3 Å². The van der Waals surface area contributed by atoms with Crippen molar-refractivity contribution in [2.75, 3.05) is 0 Å². The molecule has 0 unspecified atom stereocenters. The minimum atomic E-state index is -1.11. The summed E-state index contributed by atoms with van der Waals surface area (Å²) in [6.07, 6.45) is 0. The van der Waals surface area contributed by atoms with Gasteiger partial charge in [-0.05, 0) is 93.8 Å². The highest BCUT2D eigenvalue weighted by atomic mass is 32.1. The Hall–Kier alpha value is -7.20. The zero-order valence-electron chi connectivity index (χ0n) is 62.3. The first kappa shape index (κ1) is 13.2. The van der Waals surface area contributed by atoms with Gasteiger partial charge in [-0.3, -0.25) is 0 Å². The molecule has 0 amide bonds. The predicted molar refractivity (Wildman–Crippen MR) is 244 cm³/mol. The normalized spacial score (nSPS) is 20.2. The van der Waals surface area contributed by atoms with Gasteiger partial charge in [0.25, 0.3) is 0 Å². The van der Waals surface area contributed by atoms with Gasteiger partial charge in [0.1, 0.15) is 0 Å². The molecule has 0 saturated heterocycles. The van der Waals surface area contributed by atoms with Gasteiger partial charge >= 0.3 is 0 Å². The van der Waals surface area contributed by atoms with Gasteiger partial charge < -0.3 is 9.13 Å². The first-order valence-electron chi connectivity index (χ1n) is 33.7. The lowest BCUT2D eigenvalue weighted by Gasteiger charge is -2.11. The van der Waals surface area contributed by atoms with Crippen molar-refractivity contribution in [2.24, 2.45) is 0 Å². The second-order valence-electron chi connectivity index (χ2n) is 12.3. The summed E-state index contributed by atoms with van der Waals surface area (Å²) in [7, 11) is 0. The highest BCUT2D eigenvalue weighted by Crippen LogP contribution is 2.45. The van der Waals surface area contributed by atoms with Crippen LogP contribution in [0.2, 0.25) is 0 Å². The van der Waals surface area contributed by atoms with Crippen LogP contribution < -0.4 is 0 Å². The maximum atomic E-state index is 10.1. The van der Waals surface area contributed by atoms with Crippen molar-refractivity contribution in [3.8, 4) is 44.8 Å². The molecule has 0 atom stereocenters. The van der Waals surface area contributed by atoms with E-state index in [1.54, 1.807) is 0 Å². The first-order valence-corrected chi connectivity index (χ1v) is 17.6. The molecule has 12 rings (SSSR count). The van der Waals surface area contributed by atoms with Gasteiger partial charge in [0.05, 0.1) is 74.4 Å². The summed E-state index contributed by atoms with van der Waals surface area (Å²) in [5.41, 5.74) is -8.79. The molecule has 12 aromatic rings. The molecule has 0 fully saturated rings. The lowest BCUT2D eigenvalue weighted by atomic mass is 10.0. The van der Waals surface area contributed by atoms with Crippen LogP contribution in [0, 0.1) is 0 Å². The lowest BCUT2D eigenvalue weighted by Crippen LogP contribution is -1.94. The average Bonchev–Trinajstić information content (AvgIpc) is 1.55. The Kier molecular flexibility index (Phi) is 2.93. The third-order valence-electron chi connectivity index (χ3n) is 9.23. The number of thiophene rings is 1. The lowest BCUT2D eigenvalue weighted by molar-refractivity contribution is 1.18. The van der Waals surface area contributed by atoms with Crippen molar-refractivity contribution in [3.63, 3.8) is 0 Å². The van der Waals surface area contributed by atoms with E-state index in [1.165, 1.54) is 0 Å². The summed E-state index contributed by atoms with van der Waals surface area (Å²) in [6.45, 7) is 0. The molecule has 0 radical (unpaired) electrons. The zero-order chi connectivity index (χ0) is 67.0. The number of hydrogen-bond acceptors (Lipinski definition) is 1. The van der Waals surface area contributed by atoms with Gasteiger partial charge in [-0.15, -0.1) is 11.3 Å². The monoisotopic (exact) mass is 776 g/mol. The summed E-state index contributed by atoms with van der Waals surface area (Å²) >= 11 is 0.548. The van der Waals surface area contributed by atoms with Gasteiger partial charge in [-0.1, -0.05) is 145 Å². The number of hydrogen-bond donors (Lipinski definition) is 0. The van der Waals surface area contributed by atoms with Crippen molar-refractivity contribution >= 4 is 75.1 Å². The van der Waals surface area contributed by atoms with Crippen LogP contribution in [0.5, 0.6) is 0 Å². The third kappa shape index (κ3) is 4.96. The molecule has 0 aliphatic rings. The van der Waals surface area contributed by atoms with Gasteiger partial charge in [0, 0.05) is 47.4 Å². The summed E-state index contributed by atoms with van der Waals surface area (Å²) in [5, 5.41) is -3.52. The standard InChI is InChI=1S/C54H34N2S/c1-3-13-35(14-4-1)36-25-29-40(30-26-36)55-47-21-9-7-17-42(47)45-33-38(27-31-49(45)55)39-28-32-50-46(34-39)43-18-8-10-22-48(43)56(50)51-23-12-24-52-53(51)44-20-11-19-41(54(44)57-52)37-15-5-2-6-16-37/h1-34H/i1D,2D,3D,4D,5D,6D,7D,8D,9D,10D,11D,12D,13D,14D,15D,16D,17D,18D,19D,20D,21D,22D,23D,24D,25D,26D,27D,28D,29D,30D,31D,32D,33D,34D. The quantitative estimate of drug-likeness (QED) is 0.165. The first-order chi connectivity index (χ1) is 42.4. The summed E-state index contributed by atoms with van der Waals surface area (Å²) < 4.78 is 310. The topological polar surface area (TPSA) is 9.86 Å². The Morgan fingerprint density at radius 3 is 1.54 bits per heavy atom. The minimum Gasteiger partial charge on any atom is -0.309 e. The molecule has 3 heteroatoms. The van der Waals surface area contributed by atoms with E-state index in [-0.39, 0.29) is 9.40 Å². The van der Waals surface area contributed by atoms with Crippen LogP contribution in [0.3, 0.4) is 0 Å². The molecule has 3 aromatic heterocycles. The molecular weight excluding hydrogens is 709 g/mol. The van der Waals surface area contributed by atoms with E-state index in [0.717, 1.165) is 4.57 Å². The van der Waals surface area contributed by atoms with Crippen molar-refractivity contribution in [1.29, 1.82) is 0 Å². The van der Waals surface area contributed by atoms with Gasteiger partial charge in [-0.2, -0.15) is 0 Å². The second-order valence-corrected chi connectivity index (χ2v) is 13.3. The molecule has 3 heterocycles. The molecule has 0 N–H and O–H groups in total. The number of benzene rings is 9. The van der Waals surface area contributed by atoms with Gasteiger partial charge in [-0.25, -0.2) is 0 Å². The van der Waals surface area contributed by atoms with Gasteiger partial charge in [0.15, 0.2) is 0 Å². The predicted octanol–water partition coefficient (Wildman–Crippen LogP) is 15.2. The minimum absolute atomic E-state index is 0.278. The zero-order valence-corrected chi connectivity index (χ0v) is 29.1. The van der Waals surface area contributed by atoms with Crippen molar-refractivity contribution in [2.45, 2.75) is 0 Å². The van der Waals surface area contributed by atoms with E-state index in [2.05, 4.69) is 0 Å². The van der Waals surface area contributed by atoms with E-state index >= 15 is 0 Å². The molecular formula is C54H34N2S. The molecule has 9 aromatic carbocycles. The van der Waals surface area contributed by atoms with Crippen molar-refractivity contribution in [3.05, 3.63) is 205 Å². The average molecular weight is 777 g/mol. The molecule has 2 nitrogen and oxygen atoms in total. The van der Waals surface area contributed by atoms with Crippen LogP contribution in [-0.2, 0) is 0 Å². The SMILES string of the molecule is [2H]c1c([2H])c([2H])c(-c2c([2H])c([2H])c(-n3c4c([2H])c([2H])c([2H])c([2H])c4c4c([2H])c(-c5c([2H])c([2H])c6c(c5[2H])c5c([2H])c([2H])c([2H])c([2H])c5n6-c5c([2H])c([2H])c([2H])c6sc7c(-c8c([2H])c([2H])c([2H])c([2H])c8[2H])c([2H])c([2H])c([2H])c7c56)c([2H])c([2H])c43)c([2H])c2[2H])c([2H])c1[2H]. The van der Waals surface area contributed by atoms with E-state index in [0.29, 0.717) is 15.9 Å². The molecule has 0 aliphatic heterocycles. The van der Waals surface area contributed by atoms with Crippen LogP contribution >= 0.6 is 11.3 Å². The third-order valence-corrected chi connectivity index (χ3v) is 10.4. The Labute approximate surface area is 381 Å².